The number of carbonyl (C=O) groups excluding carboxylic acids is 1. The Bertz CT molecular complexity index is 1160. The van der Waals surface area contributed by atoms with E-state index in [2.05, 4.69) is 16.5 Å². The fraction of sp³-hybridized carbons (Fsp3) is 0.381. The molecule has 1 amide bonds. The first kappa shape index (κ1) is 19.5. The van der Waals surface area contributed by atoms with Gasteiger partial charge in [-0.15, -0.1) is 11.3 Å². The zero-order valence-electron chi connectivity index (χ0n) is 16.2. The molecule has 30 heavy (non-hydrogen) atoms. The minimum Gasteiger partial charge on any atom is -0.337 e. The van der Waals surface area contributed by atoms with Crippen LogP contribution in [0.4, 0.5) is 4.39 Å². The molecule has 0 bridgehead atoms. The van der Waals surface area contributed by atoms with Gasteiger partial charge in [0.05, 0.1) is 12.5 Å². The molecular formula is C21H20ClFN4O2S. The number of nitrogens with zero attached hydrogens (tertiary/aromatic N) is 4. The average Bonchev–Trinajstić information content (AvgIpc) is 3.34. The number of amides is 1. The lowest BCUT2D eigenvalue weighted by Gasteiger charge is -2.31. The second-order valence-corrected chi connectivity index (χ2v) is 9.13. The molecule has 2 aromatic heterocycles. The summed E-state index contributed by atoms with van der Waals surface area (Å²) in [5, 5.41) is 6.77. The summed E-state index contributed by atoms with van der Waals surface area (Å²) >= 11 is 7.85. The Kier molecular flexibility index (Phi) is 4.99. The number of carbonyl (C=O) groups is 1. The van der Waals surface area contributed by atoms with E-state index in [-0.39, 0.29) is 28.7 Å². The lowest BCUT2D eigenvalue weighted by Crippen LogP contribution is -2.40. The zero-order valence-corrected chi connectivity index (χ0v) is 17.8. The molecule has 0 spiro atoms. The van der Waals surface area contributed by atoms with Crippen LogP contribution < -0.4 is 5.69 Å². The van der Waals surface area contributed by atoms with Crippen molar-refractivity contribution < 1.29 is 9.18 Å². The number of fused-ring (bicyclic) bond motifs is 2. The molecule has 0 radical (unpaired) electrons. The number of halogens is 2. The zero-order chi connectivity index (χ0) is 20.8. The molecular weight excluding hydrogens is 427 g/mol. The quantitative estimate of drug-likeness (QED) is 0.619. The van der Waals surface area contributed by atoms with Gasteiger partial charge in [-0.25, -0.2) is 13.9 Å². The molecule has 156 valence electrons. The first-order valence-electron chi connectivity index (χ1n) is 9.97. The third-order valence-electron chi connectivity index (χ3n) is 5.92. The molecule has 5 rings (SSSR count). The van der Waals surface area contributed by atoms with E-state index in [1.165, 1.54) is 27.3 Å². The summed E-state index contributed by atoms with van der Waals surface area (Å²) < 4.78 is 17.0. The monoisotopic (exact) mass is 446 g/mol. The van der Waals surface area contributed by atoms with E-state index < -0.39 is 11.7 Å². The van der Waals surface area contributed by atoms with Gasteiger partial charge in [-0.05, 0) is 48.4 Å². The van der Waals surface area contributed by atoms with E-state index in [1.807, 2.05) is 4.90 Å². The molecule has 0 saturated carbocycles. The van der Waals surface area contributed by atoms with Crippen molar-refractivity contribution in [3.63, 3.8) is 0 Å². The number of benzene rings is 1. The summed E-state index contributed by atoms with van der Waals surface area (Å²) in [6, 6.07) is 6.49. The highest BCUT2D eigenvalue weighted by Gasteiger charge is 2.35. The normalized spacial score (nSPS) is 18.2. The predicted octanol–water partition coefficient (Wildman–Crippen LogP) is 3.41. The minimum atomic E-state index is -0.479. The molecule has 2 aliphatic rings. The summed E-state index contributed by atoms with van der Waals surface area (Å²) in [5.41, 5.74) is 1.09. The van der Waals surface area contributed by atoms with Crippen molar-refractivity contribution in [3.05, 3.63) is 72.8 Å². The van der Waals surface area contributed by atoms with Crippen LogP contribution in [0.3, 0.4) is 0 Å². The van der Waals surface area contributed by atoms with E-state index in [0.29, 0.717) is 31.9 Å². The van der Waals surface area contributed by atoms with Crippen molar-refractivity contribution in [2.75, 3.05) is 6.54 Å². The number of hydrogen-bond acceptors (Lipinski definition) is 4. The van der Waals surface area contributed by atoms with Gasteiger partial charge in [0.2, 0.25) is 5.91 Å². The molecule has 0 fully saturated rings. The van der Waals surface area contributed by atoms with Crippen molar-refractivity contribution in [1.82, 2.24) is 19.2 Å². The first-order chi connectivity index (χ1) is 14.5. The molecule has 1 atom stereocenters. The summed E-state index contributed by atoms with van der Waals surface area (Å²) in [6.07, 6.45) is 2.24. The number of hydrogen-bond donors (Lipinski definition) is 0. The summed E-state index contributed by atoms with van der Waals surface area (Å²) in [5.74, 6) is -0.453. The third-order valence-corrected chi connectivity index (χ3v) is 7.30. The van der Waals surface area contributed by atoms with Gasteiger partial charge < -0.3 is 4.90 Å². The Hall–Kier alpha value is -2.45. The lowest BCUT2D eigenvalue weighted by atomic mass is 9.96. The maximum absolute atomic E-state index is 14.2. The standard InChI is InChI=1S/C21H20ClFN4O2S/c22-16-4-1-5-17(23)15(16)12-27-21(29)26-8-2-3-14(19(26)24-27)20(28)25-9-6-18-13(11-25)7-10-30-18/h1,4-5,7,10,14H,2-3,6,8-9,11-12H2. The highest BCUT2D eigenvalue weighted by Crippen LogP contribution is 2.31. The summed E-state index contributed by atoms with van der Waals surface area (Å²) in [4.78, 5) is 29.4. The van der Waals surface area contributed by atoms with Gasteiger partial charge in [0.15, 0.2) is 0 Å². The Morgan fingerprint density at radius 1 is 1.30 bits per heavy atom. The molecule has 1 aromatic carbocycles. The first-order valence-corrected chi connectivity index (χ1v) is 11.2. The number of thiophene rings is 1. The van der Waals surface area contributed by atoms with Gasteiger partial charge >= 0.3 is 5.69 Å². The van der Waals surface area contributed by atoms with E-state index in [1.54, 1.807) is 22.0 Å². The third kappa shape index (κ3) is 3.28. The van der Waals surface area contributed by atoms with Crippen LogP contribution in [0, 0.1) is 5.82 Å². The molecule has 6 nitrogen and oxygen atoms in total. The predicted molar refractivity (Wildman–Crippen MR) is 112 cm³/mol. The van der Waals surface area contributed by atoms with Crippen LogP contribution >= 0.6 is 22.9 Å². The Balaban J connectivity index is 1.44. The fourth-order valence-corrected chi connectivity index (χ4v) is 5.45. The maximum Gasteiger partial charge on any atom is 0.346 e. The summed E-state index contributed by atoms with van der Waals surface area (Å²) in [7, 11) is 0. The van der Waals surface area contributed by atoms with Crippen LogP contribution in [-0.4, -0.2) is 31.7 Å². The lowest BCUT2D eigenvalue weighted by molar-refractivity contribution is -0.134. The van der Waals surface area contributed by atoms with Crippen molar-refractivity contribution in [2.45, 2.75) is 44.8 Å². The van der Waals surface area contributed by atoms with Crippen molar-refractivity contribution in [2.24, 2.45) is 0 Å². The van der Waals surface area contributed by atoms with Gasteiger partial charge in [-0.3, -0.25) is 9.36 Å². The largest absolute Gasteiger partial charge is 0.346 e. The molecule has 4 heterocycles. The number of rotatable bonds is 3. The van der Waals surface area contributed by atoms with Crippen LogP contribution in [0.5, 0.6) is 0 Å². The second kappa shape index (κ2) is 7.67. The SMILES string of the molecule is O=C(C1CCCn2c1nn(Cc1c(F)cccc1Cl)c2=O)N1CCc2sccc2C1. The smallest absolute Gasteiger partial charge is 0.337 e. The molecule has 0 saturated heterocycles. The van der Waals surface area contributed by atoms with Crippen molar-refractivity contribution >= 4 is 28.8 Å². The second-order valence-electron chi connectivity index (χ2n) is 7.72. The van der Waals surface area contributed by atoms with Crippen LogP contribution in [0.1, 0.15) is 40.6 Å². The highest BCUT2D eigenvalue weighted by molar-refractivity contribution is 7.10. The van der Waals surface area contributed by atoms with Gasteiger partial charge in [0.25, 0.3) is 0 Å². The van der Waals surface area contributed by atoms with E-state index in [4.69, 9.17) is 11.6 Å². The molecule has 0 aliphatic carbocycles. The van der Waals surface area contributed by atoms with E-state index >= 15 is 0 Å². The van der Waals surface area contributed by atoms with Crippen LogP contribution in [-0.2, 0) is 30.8 Å². The van der Waals surface area contributed by atoms with Crippen LogP contribution in [0.2, 0.25) is 5.02 Å². The van der Waals surface area contributed by atoms with E-state index in [0.717, 1.165) is 12.8 Å². The molecule has 2 aliphatic heterocycles. The van der Waals surface area contributed by atoms with Gasteiger partial charge in [-0.2, -0.15) is 5.10 Å². The van der Waals surface area contributed by atoms with Crippen LogP contribution in [0.25, 0.3) is 0 Å². The fourth-order valence-electron chi connectivity index (χ4n) is 4.34. The maximum atomic E-state index is 14.2. The topological polar surface area (TPSA) is 60.1 Å². The Morgan fingerprint density at radius 3 is 3.00 bits per heavy atom. The molecule has 1 unspecified atom stereocenters. The number of aromatic nitrogens is 3. The minimum absolute atomic E-state index is 0.00822. The van der Waals surface area contributed by atoms with Gasteiger partial charge in [-0.1, -0.05) is 17.7 Å². The Labute approximate surface area is 181 Å². The van der Waals surface area contributed by atoms with Crippen molar-refractivity contribution in [1.29, 1.82) is 0 Å². The molecule has 3 aromatic rings. The van der Waals surface area contributed by atoms with Gasteiger partial charge in [0, 0.05) is 35.1 Å². The summed E-state index contributed by atoms with van der Waals surface area (Å²) in [6.45, 7) is 1.73. The van der Waals surface area contributed by atoms with E-state index in [9.17, 15) is 14.0 Å². The Morgan fingerprint density at radius 2 is 2.17 bits per heavy atom. The van der Waals surface area contributed by atoms with Crippen molar-refractivity contribution in [3.8, 4) is 0 Å². The molecule has 0 N–H and O–H groups in total. The molecule has 9 heteroatoms. The average molecular weight is 447 g/mol. The highest BCUT2D eigenvalue weighted by atomic mass is 35.5. The van der Waals surface area contributed by atoms with Gasteiger partial charge in [0.1, 0.15) is 11.6 Å². The van der Waals surface area contributed by atoms with Crippen LogP contribution in [0.15, 0.2) is 34.4 Å².